The van der Waals surface area contributed by atoms with Crippen molar-refractivity contribution in [2.24, 2.45) is 0 Å². The van der Waals surface area contributed by atoms with E-state index in [-0.39, 0.29) is 5.41 Å². The normalized spacial score (nSPS) is 12.5. The first-order valence-corrected chi connectivity index (χ1v) is 12.9. The Bertz CT molecular complexity index is 1270. The Morgan fingerprint density at radius 1 is 0.350 bits per heavy atom. The SMILES string of the molecule is Cc1ccc(C(C)(C)c2ccc(C)cc2)cc1.Cc1ccc(C(c2ccc(C)cc2)(C(F)(F)F)C(F)(F)F)cc1. The first-order chi connectivity index (χ1) is 18.5. The summed E-state index contributed by atoms with van der Waals surface area (Å²) in [5.74, 6) is 0. The number of benzene rings is 4. The van der Waals surface area contributed by atoms with Gasteiger partial charge in [0.25, 0.3) is 0 Å². The Hall–Kier alpha value is -3.54. The van der Waals surface area contributed by atoms with E-state index >= 15 is 0 Å². The van der Waals surface area contributed by atoms with Crippen LogP contribution in [0.15, 0.2) is 97.1 Å². The number of halogens is 6. The molecule has 0 fully saturated rings. The molecule has 0 aliphatic rings. The molecule has 0 radical (unpaired) electrons. The molecule has 0 aliphatic heterocycles. The van der Waals surface area contributed by atoms with Gasteiger partial charge in [-0.2, -0.15) is 26.3 Å². The van der Waals surface area contributed by atoms with Crippen molar-refractivity contribution in [1.82, 2.24) is 0 Å². The summed E-state index contributed by atoms with van der Waals surface area (Å²) in [6.07, 6.45) is -11.1. The highest BCUT2D eigenvalue weighted by atomic mass is 19.4. The molecule has 0 aromatic heterocycles. The third-order valence-electron chi connectivity index (χ3n) is 7.37. The lowest BCUT2D eigenvalue weighted by atomic mass is 9.72. The molecule has 0 atom stereocenters. The van der Waals surface area contributed by atoms with Crippen molar-refractivity contribution in [3.63, 3.8) is 0 Å². The average Bonchev–Trinajstić information content (AvgIpc) is 2.86. The van der Waals surface area contributed by atoms with Crippen molar-refractivity contribution in [2.45, 2.75) is 64.7 Å². The van der Waals surface area contributed by atoms with E-state index < -0.39 is 28.9 Å². The van der Waals surface area contributed by atoms with Crippen molar-refractivity contribution in [3.05, 3.63) is 142 Å². The largest absolute Gasteiger partial charge is 0.411 e. The topological polar surface area (TPSA) is 0 Å². The van der Waals surface area contributed by atoms with Gasteiger partial charge in [0.2, 0.25) is 5.41 Å². The summed E-state index contributed by atoms with van der Waals surface area (Å²) in [5, 5.41) is 0. The molecule has 212 valence electrons. The van der Waals surface area contributed by atoms with Crippen LogP contribution in [-0.2, 0) is 10.8 Å². The molecule has 0 amide bonds. The summed E-state index contributed by atoms with van der Waals surface area (Å²) in [7, 11) is 0. The van der Waals surface area contributed by atoms with E-state index in [0.29, 0.717) is 11.1 Å². The van der Waals surface area contributed by atoms with E-state index in [1.165, 1.54) is 46.5 Å². The summed E-state index contributed by atoms with van der Waals surface area (Å²) in [6, 6.07) is 26.2. The van der Waals surface area contributed by atoms with Crippen LogP contribution in [-0.4, -0.2) is 12.4 Å². The van der Waals surface area contributed by atoms with E-state index in [0.717, 1.165) is 24.3 Å². The lowest BCUT2D eigenvalue weighted by molar-refractivity contribution is -0.288. The molecule has 0 saturated carbocycles. The van der Waals surface area contributed by atoms with Gasteiger partial charge < -0.3 is 0 Å². The highest BCUT2D eigenvalue weighted by molar-refractivity contribution is 5.45. The third kappa shape index (κ3) is 6.27. The van der Waals surface area contributed by atoms with Crippen molar-refractivity contribution in [1.29, 1.82) is 0 Å². The predicted octanol–water partition coefficient (Wildman–Crippen LogP) is 10.3. The van der Waals surface area contributed by atoms with Crippen LogP contribution in [0.25, 0.3) is 0 Å². The Labute approximate surface area is 232 Å². The first-order valence-electron chi connectivity index (χ1n) is 12.9. The van der Waals surface area contributed by atoms with Gasteiger partial charge in [0.1, 0.15) is 0 Å². The maximum atomic E-state index is 13.7. The molecule has 4 aromatic rings. The minimum atomic E-state index is -5.53. The Morgan fingerprint density at radius 2 is 0.550 bits per heavy atom. The summed E-state index contributed by atoms with van der Waals surface area (Å²) in [4.78, 5) is 0. The van der Waals surface area contributed by atoms with Crippen molar-refractivity contribution in [2.75, 3.05) is 0 Å². The standard InChI is InChI=1S/C17H14F6.C17H20/c1-11-3-7-13(8-4-11)15(16(18,19)20,17(21,22)23)14-9-5-12(2)6-10-14;1-13-5-9-15(10-6-13)17(3,4)16-11-7-14(2)8-12-16/h3-10H,1-2H3;5-12H,1-4H3. The van der Waals surface area contributed by atoms with Gasteiger partial charge in [-0.1, -0.05) is 133 Å². The van der Waals surface area contributed by atoms with Crippen LogP contribution in [0.1, 0.15) is 58.4 Å². The molecular formula is C34H34F6. The van der Waals surface area contributed by atoms with Crippen molar-refractivity contribution >= 4 is 0 Å². The van der Waals surface area contributed by atoms with Crippen LogP contribution in [0.4, 0.5) is 26.3 Å². The summed E-state index contributed by atoms with van der Waals surface area (Å²) < 4.78 is 82.3. The second kappa shape index (κ2) is 11.5. The summed E-state index contributed by atoms with van der Waals surface area (Å²) in [5.41, 5.74) is 0.856. The quantitative estimate of drug-likeness (QED) is 0.219. The van der Waals surface area contributed by atoms with Crippen molar-refractivity contribution in [3.8, 4) is 0 Å². The van der Waals surface area contributed by atoms with Gasteiger partial charge in [-0.3, -0.25) is 0 Å². The fourth-order valence-electron chi connectivity index (χ4n) is 4.70. The zero-order chi connectivity index (χ0) is 29.9. The van der Waals surface area contributed by atoms with Crippen LogP contribution in [0.2, 0.25) is 0 Å². The van der Waals surface area contributed by atoms with Gasteiger partial charge in [-0.25, -0.2) is 0 Å². The van der Waals surface area contributed by atoms with E-state index in [1.54, 1.807) is 13.8 Å². The average molecular weight is 557 g/mol. The molecule has 0 bridgehead atoms. The number of hydrogen-bond acceptors (Lipinski definition) is 0. The van der Waals surface area contributed by atoms with Gasteiger partial charge >= 0.3 is 12.4 Å². The van der Waals surface area contributed by atoms with E-state index in [9.17, 15) is 26.3 Å². The van der Waals surface area contributed by atoms with Gasteiger partial charge in [-0.05, 0) is 49.9 Å². The molecule has 0 nitrogen and oxygen atoms in total. The molecule has 4 rings (SSSR count). The number of alkyl halides is 6. The minimum absolute atomic E-state index is 0.0708. The second-order valence-corrected chi connectivity index (χ2v) is 10.8. The Balaban J connectivity index is 0.000000230. The molecule has 0 spiro atoms. The van der Waals surface area contributed by atoms with Crippen LogP contribution in [0.5, 0.6) is 0 Å². The summed E-state index contributed by atoms with van der Waals surface area (Å²) in [6.45, 7) is 12.0. The molecule has 0 saturated heterocycles. The van der Waals surface area contributed by atoms with Crippen molar-refractivity contribution < 1.29 is 26.3 Å². The van der Waals surface area contributed by atoms with Crippen LogP contribution in [0, 0.1) is 27.7 Å². The zero-order valence-corrected chi connectivity index (χ0v) is 23.5. The fraction of sp³-hybridized carbons (Fsp3) is 0.294. The Morgan fingerprint density at radius 3 is 0.750 bits per heavy atom. The maximum absolute atomic E-state index is 13.7. The third-order valence-corrected chi connectivity index (χ3v) is 7.37. The Kier molecular flexibility index (Phi) is 8.93. The minimum Gasteiger partial charge on any atom is -0.169 e. The van der Waals surface area contributed by atoms with Gasteiger partial charge in [0, 0.05) is 5.41 Å². The van der Waals surface area contributed by atoms with E-state index in [1.807, 2.05) is 0 Å². The molecular weight excluding hydrogens is 522 g/mol. The molecule has 0 unspecified atom stereocenters. The zero-order valence-electron chi connectivity index (χ0n) is 23.5. The monoisotopic (exact) mass is 556 g/mol. The maximum Gasteiger partial charge on any atom is 0.411 e. The van der Waals surface area contributed by atoms with E-state index in [2.05, 4.69) is 76.2 Å². The molecule has 0 N–H and O–H groups in total. The second-order valence-electron chi connectivity index (χ2n) is 10.8. The summed E-state index contributed by atoms with van der Waals surface area (Å²) >= 11 is 0. The highest BCUT2D eigenvalue weighted by Crippen LogP contribution is 2.56. The number of aryl methyl sites for hydroxylation is 4. The lowest BCUT2D eigenvalue weighted by Gasteiger charge is -2.38. The van der Waals surface area contributed by atoms with Crippen LogP contribution in [0.3, 0.4) is 0 Å². The van der Waals surface area contributed by atoms with E-state index in [4.69, 9.17) is 0 Å². The van der Waals surface area contributed by atoms with Crippen LogP contribution >= 0.6 is 0 Å². The number of hydrogen-bond donors (Lipinski definition) is 0. The smallest absolute Gasteiger partial charge is 0.169 e. The van der Waals surface area contributed by atoms with Gasteiger partial charge in [0.15, 0.2) is 0 Å². The molecule has 6 heteroatoms. The van der Waals surface area contributed by atoms with Gasteiger partial charge in [0.05, 0.1) is 0 Å². The highest BCUT2D eigenvalue weighted by Gasteiger charge is 2.72. The van der Waals surface area contributed by atoms with Gasteiger partial charge in [-0.15, -0.1) is 0 Å². The first kappa shape index (κ1) is 31.0. The fourth-order valence-corrected chi connectivity index (χ4v) is 4.70. The lowest BCUT2D eigenvalue weighted by Crippen LogP contribution is -2.54. The van der Waals surface area contributed by atoms with Crippen LogP contribution < -0.4 is 0 Å². The predicted molar refractivity (Wildman–Crippen MR) is 150 cm³/mol. The molecule has 4 aromatic carbocycles. The molecule has 40 heavy (non-hydrogen) atoms. The number of rotatable bonds is 4. The molecule has 0 aliphatic carbocycles. The molecule has 0 heterocycles.